The van der Waals surface area contributed by atoms with Crippen molar-refractivity contribution in [3.05, 3.63) is 78.6 Å². The van der Waals surface area contributed by atoms with Crippen LogP contribution in [0.2, 0.25) is 0 Å². The minimum Gasteiger partial charge on any atom is -0.497 e. The van der Waals surface area contributed by atoms with Gasteiger partial charge in [0.25, 0.3) is 0 Å². The highest BCUT2D eigenvalue weighted by atomic mass is 35.5. The predicted molar refractivity (Wildman–Crippen MR) is 145 cm³/mol. The Morgan fingerprint density at radius 3 is 2.20 bits per heavy atom. The van der Waals surface area contributed by atoms with E-state index >= 15 is 0 Å². The van der Waals surface area contributed by atoms with Crippen LogP contribution in [-0.2, 0) is 9.53 Å². The molecule has 1 fully saturated rings. The third-order valence-electron chi connectivity index (χ3n) is 6.41. The summed E-state index contributed by atoms with van der Waals surface area (Å²) in [4.78, 5) is 19.8. The number of methoxy groups -OCH3 is 2. The van der Waals surface area contributed by atoms with Gasteiger partial charge in [-0.05, 0) is 60.9 Å². The van der Waals surface area contributed by atoms with Crippen LogP contribution in [-0.4, -0.2) is 43.8 Å². The van der Waals surface area contributed by atoms with E-state index in [-0.39, 0.29) is 54.7 Å². The largest absolute Gasteiger partial charge is 0.497 e. The number of carbonyl (C=O) groups excluding carboxylic acids is 1. The van der Waals surface area contributed by atoms with Crippen molar-refractivity contribution in [3.8, 4) is 16.9 Å². The first kappa shape index (κ1) is 28.6. The Morgan fingerprint density at radius 1 is 1.03 bits per heavy atom. The number of nitrogens with zero attached hydrogens (tertiary/aromatic N) is 2. The topological polar surface area (TPSA) is 77.7 Å². The number of carbonyl (C=O) groups is 1. The average Bonchev–Trinajstić information content (AvgIpc) is 3.68. The zero-order chi connectivity index (χ0) is 23.4. The van der Waals surface area contributed by atoms with Crippen LogP contribution >= 0.6 is 24.8 Å². The third-order valence-corrected chi connectivity index (χ3v) is 6.41. The highest BCUT2D eigenvalue weighted by Gasteiger charge is 2.47. The van der Waals surface area contributed by atoms with Crippen LogP contribution in [0.15, 0.2) is 72.9 Å². The third kappa shape index (κ3) is 6.73. The molecule has 188 valence electrons. The van der Waals surface area contributed by atoms with Crippen molar-refractivity contribution in [2.75, 3.05) is 25.7 Å². The van der Waals surface area contributed by atoms with Crippen molar-refractivity contribution < 1.29 is 14.3 Å². The van der Waals surface area contributed by atoms with E-state index < -0.39 is 0 Å². The van der Waals surface area contributed by atoms with Gasteiger partial charge in [0.15, 0.2) is 0 Å². The van der Waals surface area contributed by atoms with Gasteiger partial charge >= 0.3 is 0 Å². The lowest BCUT2D eigenvalue weighted by atomic mass is 10.0. The van der Waals surface area contributed by atoms with Crippen LogP contribution in [0.5, 0.6) is 5.75 Å². The quantitative estimate of drug-likeness (QED) is 0.427. The molecule has 1 amide bonds. The molecule has 2 N–H and O–H groups in total. The standard InChI is InChI=1S/C27H31N3O3.2ClH/c1-18(32-2)25(28)17-30(27(31)24-16-23(24)26-6-4-5-15-29-26)21-11-7-19(8-12-21)20-9-13-22(33-3)14-10-20;;/h4-15,18,23-25H,16-17,28H2,1-3H3;2*1H/t18-,23-,24-,25-;;/m1../s1. The lowest BCUT2D eigenvalue weighted by molar-refractivity contribution is -0.120. The maximum Gasteiger partial charge on any atom is 0.230 e. The summed E-state index contributed by atoms with van der Waals surface area (Å²) >= 11 is 0. The summed E-state index contributed by atoms with van der Waals surface area (Å²) in [7, 11) is 3.29. The van der Waals surface area contributed by atoms with Crippen molar-refractivity contribution in [3.63, 3.8) is 0 Å². The Labute approximate surface area is 219 Å². The minimum atomic E-state index is -0.299. The monoisotopic (exact) mass is 517 g/mol. The Kier molecular flexibility index (Phi) is 10.5. The Balaban J connectivity index is 0.00000216. The molecule has 1 aromatic heterocycles. The molecular weight excluding hydrogens is 485 g/mol. The normalized spacial score (nSPS) is 17.8. The Bertz CT molecular complexity index is 1070. The maximum absolute atomic E-state index is 13.5. The number of amides is 1. The highest BCUT2D eigenvalue weighted by molar-refractivity contribution is 5.97. The molecular formula is C27H33Cl2N3O3. The second-order valence-corrected chi connectivity index (χ2v) is 8.53. The van der Waals surface area contributed by atoms with Gasteiger partial charge in [-0.3, -0.25) is 9.78 Å². The lowest BCUT2D eigenvalue weighted by Crippen LogP contribution is -2.47. The number of nitrogens with two attached hydrogens (primary N) is 1. The number of rotatable bonds is 9. The summed E-state index contributed by atoms with van der Waals surface area (Å²) in [6.07, 6.45) is 2.43. The average molecular weight is 518 g/mol. The van der Waals surface area contributed by atoms with Gasteiger partial charge in [-0.2, -0.15) is 0 Å². The summed E-state index contributed by atoms with van der Waals surface area (Å²) in [5.41, 5.74) is 10.3. The molecule has 1 heterocycles. The lowest BCUT2D eigenvalue weighted by Gasteiger charge is -2.29. The van der Waals surface area contributed by atoms with E-state index in [9.17, 15) is 4.79 Å². The number of hydrogen-bond donors (Lipinski definition) is 1. The van der Waals surface area contributed by atoms with Crippen LogP contribution in [0.4, 0.5) is 5.69 Å². The van der Waals surface area contributed by atoms with E-state index in [4.69, 9.17) is 15.2 Å². The van der Waals surface area contributed by atoms with Gasteiger partial charge in [-0.15, -0.1) is 24.8 Å². The van der Waals surface area contributed by atoms with E-state index in [0.717, 1.165) is 34.7 Å². The fourth-order valence-electron chi connectivity index (χ4n) is 4.06. The second-order valence-electron chi connectivity index (χ2n) is 8.53. The fourth-order valence-corrected chi connectivity index (χ4v) is 4.06. The van der Waals surface area contributed by atoms with Crippen molar-refractivity contribution >= 4 is 36.4 Å². The van der Waals surface area contributed by atoms with Gasteiger partial charge in [0.1, 0.15) is 5.75 Å². The van der Waals surface area contributed by atoms with E-state index in [2.05, 4.69) is 4.98 Å². The molecule has 0 saturated heterocycles. The highest BCUT2D eigenvalue weighted by Crippen LogP contribution is 2.48. The van der Waals surface area contributed by atoms with Gasteiger partial charge in [-0.1, -0.05) is 30.3 Å². The SMILES string of the molecule is COc1ccc(-c2ccc(N(C[C@@H](N)[C@@H](C)OC)C(=O)[C@@H]3C[C@H]3c3ccccn3)cc2)cc1.Cl.Cl. The number of aromatic nitrogens is 1. The number of halogens is 2. The molecule has 1 aliphatic carbocycles. The molecule has 0 aliphatic heterocycles. The molecule has 6 nitrogen and oxygen atoms in total. The van der Waals surface area contributed by atoms with Gasteiger partial charge < -0.3 is 20.1 Å². The first-order chi connectivity index (χ1) is 16.0. The molecule has 0 unspecified atom stereocenters. The molecule has 35 heavy (non-hydrogen) atoms. The van der Waals surface area contributed by atoms with Crippen LogP contribution in [0, 0.1) is 5.92 Å². The number of hydrogen-bond acceptors (Lipinski definition) is 5. The van der Waals surface area contributed by atoms with Gasteiger partial charge in [0.2, 0.25) is 5.91 Å². The molecule has 4 rings (SSSR count). The molecule has 1 aliphatic rings. The first-order valence-electron chi connectivity index (χ1n) is 11.3. The number of benzene rings is 2. The van der Waals surface area contributed by atoms with E-state index in [1.807, 2.05) is 78.6 Å². The van der Waals surface area contributed by atoms with E-state index in [1.165, 1.54) is 0 Å². The van der Waals surface area contributed by atoms with Gasteiger partial charge in [0.05, 0.1) is 13.2 Å². The number of ether oxygens (including phenoxy) is 2. The Hall–Kier alpha value is -2.64. The summed E-state index contributed by atoms with van der Waals surface area (Å²) in [5, 5.41) is 0. The molecule has 2 aromatic carbocycles. The van der Waals surface area contributed by atoms with Crippen molar-refractivity contribution in [1.82, 2.24) is 4.98 Å². The molecule has 1 saturated carbocycles. The van der Waals surface area contributed by atoms with Crippen LogP contribution < -0.4 is 15.4 Å². The summed E-state index contributed by atoms with van der Waals surface area (Å²) in [6.45, 7) is 2.31. The molecule has 0 radical (unpaired) electrons. The predicted octanol–water partition coefficient (Wildman–Crippen LogP) is 5.10. The summed E-state index contributed by atoms with van der Waals surface area (Å²) < 4.78 is 10.7. The Morgan fingerprint density at radius 2 is 1.66 bits per heavy atom. The maximum atomic E-state index is 13.5. The van der Waals surface area contributed by atoms with Crippen molar-refractivity contribution in [2.45, 2.75) is 31.4 Å². The summed E-state index contributed by atoms with van der Waals surface area (Å²) in [5.74, 6) is 0.990. The van der Waals surface area contributed by atoms with Crippen molar-refractivity contribution in [1.29, 1.82) is 0 Å². The smallest absolute Gasteiger partial charge is 0.230 e. The van der Waals surface area contributed by atoms with Crippen LogP contribution in [0.3, 0.4) is 0 Å². The molecule has 0 bridgehead atoms. The first-order valence-corrected chi connectivity index (χ1v) is 11.3. The zero-order valence-corrected chi connectivity index (χ0v) is 21.8. The molecule has 3 aromatic rings. The molecule has 0 spiro atoms. The molecule has 8 heteroatoms. The van der Waals surface area contributed by atoms with E-state index in [1.54, 1.807) is 20.4 Å². The number of anilines is 1. The summed E-state index contributed by atoms with van der Waals surface area (Å²) in [6, 6.07) is 21.5. The van der Waals surface area contributed by atoms with Crippen LogP contribution in [0.1, 0.15) is 25.0 Å². The minimum absolute atomic E-state index is 0. The second kappa shape index (κ2) is 12.9. The van der Waals surface area contributed by atoms with Gasteiger partial charge in [-0.25, -0.2) is 0 Å². The number of pyridine rings is 1. The van der Waals surface area contributed by atoms with Gasteiger partial charge in [0, 0.05) is 49.1 Å². The zero-order valence-electron chi connectivity index (χ0n) is 20.2. The van der Waals surface area contributed by atoms with E-state index in [0.29, 0.717) is 6.54 Å². The van der Waals surface area contributed by atoms with Crippen molar-refractivity contribution in [2.24, 2.45) is 11.7 Å². The van der Waals surface area contributed by atoms with Crippen LogP contribution in [0.25, 0.3) is 11.1 Å². The fraction of sp³-hybridized carbons (Fsp3) is 0.333. The molecule has 4 atom stereocenters.